The Bertz CT molecular complexity index is 1400. The molecule has 0 saturated carbocycles. The number of ether oxygens (including phenoxy) is 2. The van der Waals surface area contributed by atoms with E-state index in [0.29, 0.717) is 13.2 Å². The smallest absolute Gasteiger partial charge is 0.309 e. The Hall–Kier alpha value is -3.86. The van der Waals surface area contributed by atoms with E-state index in [1.165, 1.54) is 18.2 Å². The Kier molecular flexibility index (Phi) is 5.47. The standard InChI is InChI=1S/C28H26N2O3/c1-18-12-25-26(13-19(18)2)30(17-29-25)11-10-23-22-7-5-4-6-21(22)16-33-27-9-8-20(14-24(23)27)15-28(31)32-3/h4-10,12-14,17H,11,15-16H2,1-3H3/b23-10+. The maximum absolute atomic E-state index is 11.9. The van der Waals surface area contributed by atoms with Crippen molar-refractivity contribution in [3.8, 4) is 5.75 Å². The minimum Gasteiger partial charge on any atom is -0.488 e. The van der Waals surface area contributed by atoms with Gasteiger partial charge in [-0.2, -0.15) is 0 Å². The molecular weight excluding hydrogens is 412 g/mol. The second-order valence-corrected chi connectivity index (χ2v) is 8.47. The quantitative estimate of drug-likeness (QED) is 0.401. The molecule has 0 N–H and O–H groups in total. The number of rotatable bonds is 4. The van der Waals surface area contributed by atoms with Gasteiger partial charge < -0.3 is 14.0 Å². The normalized spacial score (nSPS) is 13.8. The van der Waals surface area contributed by atoms with Gasteiger partial charge in [-0.3, -0.25) is 4.79 Å². The van der Waals surface area contributed by atoms with Gasteiger partial charge in [-0.05, 0) is 71.5 Å². The zero-order valence-corrected chi connectivity index (χ0v) is 19.1. The fourth-order valence-electron chi connectivity index (χ4n) is 4.34. The molecule has 0 spiro atoms. The molecule has 33 heavy (non-hydrogen) atoms. The number of imidazole rings is 1. The molecule has 5 nitrogen and oxygen atoms in total. The highest BCUT2D eigenvalue weighted by Crippen LogP contribution is 2.37. The topological polar surface area (TPSA) is 53.4 Å². The minimum atomic E-state index is -0.258. The number of benzene rings is 3. The van der Waals surface area contributed by atoms with Crippen molar-refractivity contribution in [2.45, 2.75) is 33.4 Å². The van der Waals surface area contributed by atoms with E-state index in [-0.39, 0.29) is 12.4 Å². The number of carbonyl (C=O) groups excluding carboxylic acids is 1. The number of nitrogens with zero attached hydrogens (tertiary/aromatic N) is 2. The van der Waals surface area contributed by atoms with Gasteiger partial charge in [-0.15, -0.1) is 0 Å². The molecular formula is C28H26N2O3. The van der Waals surface area contributed by atoms with E-state index < -0.39 is 0 Å². The van der Waals surface area contributed by atoms with E-state index in [9.17, 15) is 4.79 Å². The van der Waals surface area contributed by atoms with Crippen LogP contribution in [0.2, 0.25) is 0 Å². The molecule has 5 rings (SSSR count). The third kappa shape index (κ3) is 4.02. The van der Waals surface area contributed by atoms with Gasteiger partial charge in [-0.25, -0.2) is 4.98 Å². The Morgan fingerprint density at radius 1 is 1.09 bits per heavy atom. The van der Waals surface area contributed by atoms with Crippen LogP contribution in [-0.4, -0.2) is 22.6 Å². The van der Waals surface area contributed by atoms with Crippen LogP contribution in [0.25, 0.3) is 16.6 Å². The van der Waals surface area contributed by atoms with E-state index in [2.05, 4.69) is 59.8 Å². The van der Waals surface area contributed by atoms with Crippen molar-refractivity contribution >= 4 is 22.6 Å². The zero-order chi connectivity index (χ0) is 22.9. The third-order valence-corrected chi connectivity index (χ3v) is 6.33. The Morgan fingerprint density at radius 3 is 2.76 bits per heavy atom. The number of methoxy groups -OCH3 is 1. The van der Waals surface area contributed by atoms with Crippen LogP contribution in [0.1, 0.15) is 33.4 Å². The van der Waals surface area contributed by atoms with E-state index in [4.69, 9.17) is 9.47 Å². The molecule has 0 bridgehead atoms. The lowest BCUT2D eigenvalue weighted by molar-refractivity contribution is -0.139. The molecule has 1 aromatic heterocycles. The van der Waals surface area contributed by atoms with Gasteiger partial charge in [0.15, 0.2) is 0 Å². The Labute approximate surface area is 193 Å². The number of hydrogen-bond acceptors (Lipinski definition) is 4. The van der Waals surface area contributed by atoms with Crippen LogP contribution in [-0.2, 0) is 29.1 Å². The predicted molar refractivity (Wildman–Crippen MR) is 129 cm³/mol. The molecule has 1 aliphatic rings. The molecule has 2 heterocycles. The van der Waals surface area contributed by atoms with Gasteiger partial charge in [-0.1, -0.05) is 36.4 Å². The van der Waals surface area contributed by atoms with Gasteiger partial charge in [0.1, 0.15) is 12.4 Å². The minimum absolute atomic E-state index is 0.226. The fourth-order valence-corrected chi connectivity index (χ4v) is 4.34. The molecule has 0 atom stereocenters. The molecule has 0 aliphatic carbocycles. The van der Waals surface area contributed by atoms with Gasteiger partial charge in [0.05, 0.1) is 30.9 Å². The lowest BCUT2D eigenvalue weighted by Gasteiger charge is -2.13. The third-order valence-electron chi connectivity index (χ3n) is 6.33. The van der Waals surface area contributed by atoms with Crippen LogP contribution in [0.15, 0.2) is 67.0 Å². The molecule has 0 radical (unpaired) electrons. The van der Waals surface area contributed by atoms with Crippen molar-refractivity contribution in [2.75, 3.05) is 7.11 Å². The highest BCUT2D eigenvalue weighted by atomic mass is 16.5. The van der Waals surface area contributed by atoms with Crippen LogP contribution in [0, 0.1) is 13.8 Å². The summed E-state index contributed by atoms with van der Waals surface area (Å²) < 4.78 is 13.2. The van der Waals surface area contributed by atoms with Crippen molar-refractivity contribution in [3.63, 3.8) is 0 Å². The summed E-state index contributed by atoms with van der Waals surface area (Å²) in [7, 11) is 1.41. The number of allylic oxidation sites excluding steroid dienone is 1. The van der Waals surface area contributed by atoms with Gasteiger partial charge in [0.2, 0.25) is 0 Å². The summed E-state index contributed by atoms with van der Waals surface area (Å²) in [5.41, 5.74) is 9.87. The molecule has 0 saturated heterocycles. The van der Waals surface area contributed by atoms with E-state index >= 15 is 0 Å². The highest BCUT2D eigenvalue weighted by Gasteiger charge is 2.20. The molecule has 4 aromatic rings. The maximum Gasteiger partial charge on any atom is 0.309 e. The van der Waals surface area contributed by atoms with Crippen molar-refractivity contribution in [2.24, 2.45) is 0 Å². The average Bonchev–Trinajstić information content (AvgIpc) is 3.12. The lowest BCUT2D eigenvalue weighted by atomic mass is 9.92. The van der Waals surface area contributed by atoms with E-state index in [1.54, 1.807) is 0 Å². The molecule has 0 amide bonds. The van der Waals surface area contributed by atoms with Crippen LogP contribution in [0.4, 0.5) is 0 Å². The fraction of sp³-hybridized carbons (Fsp3) is 0.214. The molecule has 0 unspecified atom stereocenters. The number of carbonyl (C=O) groups is 1. The molecule has 0 fully saturated rings. The number of fused-ring (bicyclic) bond motifs is 3. The summed E-state index contributed by atoms with van der Waals surface area (Å²) in [5.74, 6) is 0.555. The monoisotopic (exact) mass is 438 g/mol. The van der Waals surface area contributed by atoms with E-state index in [1.807, 2.05) is 30.6 Å². The SMILES string of the molecule is COC(=O)Cc1ccc2c(c1)/C(=C/Cn1cnc3cc(C)c(C)cc31)c1ccccc1CO2. The van der Waals surface area contributed by atoms with Gasteiger partial charge in [0, 0.05) is 12.1 Å². The summed E-state index contributed by atoms with van der Waals surface area (Å²) >= 11 is 0. The average molecular weight is 439 g/mol. The first kappa shape index (κ1) is 21.0. The van der Waals surface area contributed by atoms with Crippen LogP contribution in [0.3, 0.4) is 0 Å². The van der Waals surface area contributed by atoms with Crippen molar-refractivity contribution < 1.29 is 14.3 Å². The van der Waals surface area contributed by atoms with Crippen molar-refractivity contribution in [1.29, 1.82) is 0 Å². The van der Waals surface area contributed by atoms with Crippen LogP contribution >= 0.6 is 0 Å². The zero-order valence-electron chi connectivity index (χ0n) is 19.1. The lowest BCUT2D eigenvalue weighted by Crippen LogP contribution is -2.05. The molecule has 3 aromatic carbocycles. The second kappa shape index (κ2) is 8.58. The molecule has 1 aliphatic heterocycles. The van der Waals surface area contributed by atoms with Crippen molar-refractivity contribution in [3.05, 3.63) is 100 Å². The van der Waals surface area contributed by atoms with Gasteiger partial charge >= 0.3 is 5.97 Å². The first-order chi connectivity index (χ1) is 16.0. The maximum atomic E-state index is 11.9. The van der Waals surface area contributed by atoms with Crippen LogP contribution in [0.5, 0.6) is 5.75 Å². The Morgan fingerprint density at radius 2 is 1.91 bits per heavy atom. The molecule has 166 valence electrons. The number of aryl methyl sites for hydroxylation is 2. The van der Waals surface area contributed by atoms with Crippen LogP contribution < -0.4 is 4.74 Å². The van der Waals surface area contributed by atoms with E-state index in [0.717, 1.165) is 44.6 Å². The van der Waals surface area contributed by atoms with Crippen molar-refractivity contribution in [1.82, 2.24) is 9.55 Å². The first-order valence-corrected chi connectivity index (χ1v) is 11.1. The van der Waals surface area contributed by atoms with Gasteiger partial charge in [0.25, 0.3) is 0 Å². The second-order valence-electron chi connectivity index (χ2n) is 8.47. The summed E-state index contributed by atoms with van der Waals surface area (Å²) in [4.78, 5) is 16.5. The summed E-state index contributed by atoms with van der Waals surface area (Å²) in [5, 5.41) is 0. The number of esters is 1. The number of aromatic nitrogens is 2. The first-order valence-electron chi connectivity index (χ1n) is 11.1. The predicted octanol–water partition coefficient (Wildman–Crippen LogP) is 5.39. The number of hydrogen-bond donors (Lipinski definition) is 0. The summed E-state index contributed by atoms with van der Waals surface area (Å²) in [6.07, 6.45) is 4.35. The molecule has 5 heteroatoms. The summed E-state index contributed by atoms with van der Waals surface area (Å²) in [6.45, 7) is 5.41. The Balaban J connectivity index is 1.61. The largest absolute Gasteiger partial charge is 0.488 e. The summed E-state index contributed by atoms with van der Waals surface area (Å²) in [6, 6.07) is 18.6. The highest BCUT2D eigenvalue weighted by molar-refractivity contribution is 5.86.